The Hall–Kier alpha value is -1.95. The number of nitrogens with zero attached hydrogens (tertiary/aromatic N) is 2. The molecule has 1 heterocycles. The predicted molar refractivity (Wildman–Crippen MR) is 69.7 cm³/mol. The highest BCUT2D eigenvalue weighted by Crippen LogP contribution is 2.34. The molecule has 0 fully saturated rings. The first-order valence-electron chi connectivity index (χ1n) is 6.26. The monoisotopic (exact) mass is 264 g/mol. The van der Waals surface area contributed by atoms with Crippen molar-refractivity contribution in [3.05, 3.63) is 39.9 Å². The minimum absolute atomic E-state index is 0.0162. The summed E-state index contributed by atoms with van der Waals surface area (Å²) in [5, 5.41) is 24.8. The lowest BCUT2D eigenvalue weighted by Crippen LogP contribution is -2.25. The van der Waals surface area contributed by atoms with Crippen molar-refractivity contribution in [3.63, 3.8) is 0 Å². The Labute approximate surface area is 110 Å². The van der Waals surface area contributed by atoms with Crippen LogP contribution in [0.5, 0.6) is 0 Å². The summed E-state index contributed by atoms with van der Waals surface area (Å²) in [4.78, 5) is 15.2. The van der Waals surface area contributed by atoms with Gasteiger partial charge in [0.05, 0.1) is 17.1 Å². The Morgan fingerprint density at radius 1 is 1.47 bits per heavy atom. The van der Waals surface area contributed by atoms with Gasteiger partial charge in [0.15, 0.2) is 0 Å². The van der Waals surface area contributed by atoms with Crippen LogP contribution in [-0.2, 0) is 10.6 Å². The fraction of sp³-hybridized carbons (Fsp3) is 0.462. The molecule has 0 radical (unpaired) electrons. The van der Waals surface area contributed by atoms with E-state index in [0.717, 1.165) is 25.0 Å². The lowest BCUT2D eigenvalue weighted by Gasteiger charge is -2.19. The number of nitro groups is 1. The minimum atomic E-state index is -1.49. The molecular formula is C13H16N2O4. The van der Waals surface area contributed by atoms with Crippen molar-refractivity contribution in [1.29, 1.82) is 0 Å². The summed E-state index contributed by atoms with van der Waals surface area (Å²) in [5.74, 6) is -1.49. The van der Waals surface area contributed by atoms with Gasteiger partial charge in [0.1, 0.15) is 0 Å². The minimum Gasteiger partial charge on any atom is -0.355 e. The first-order valence-corrected chi connectivity index (χ1v) is 6.26. The van der Waals surface area contributed by atoms with Crippen LogP contribution in [0.4, 0.5) is 5.69 Å². The van der Waals surface area contributed by atoms with Gasteiger partial charge in [-0.2, -0.15) is 0 Å². The van der Waals surface area contributed by atoms with E-state index in [2.05, 4.69) is 12.1 Å². The summed E-state index contributed by atoms with van der Waals surface area (Å²) in [6, 6.07) is 5.69. The number of unbranched alkanes of at least 4 members (excludes halogenated alkanes) is 1. The zero-order valence-electron chi connectivity index (χ0n) is 10.7. The van der Waals surface area contributed by atoms with Crippen molar-refractivity contribution in [2.75, 3.05) is 0 Å². The largest absolute Gasteiger partial charge is 0.355 e. The van der Waals surface area contributed by atoms with E-state index < -0.39 is 10.7 Å². The number of hydrogen-bond donors (Lipinski definition) is 1. The van der Waals surface area contributed by atoms with Crippen LogP contribution >= 0.6 is 0 Å². The van der Waals surface area contributed by atoms with Crippen LogP contribution in [0.1, 0.15) is 38.2 Å². The average Bonchev–Trinajstić information content (AvgIpc) is 2.79. The Kier molecular flexibility index (Phi) is 3.80. The van der Waals surface area contributed by atoms with E-state index in [1.807, 2.05) is 0 Å². The molecule has 1 atom stereocenters. The molecule has 19 heavy (non-hydrogen) atoms. The predicted octanol–water partition coefficient (Wildman–Crippen LogP) is 2.71. The lowest BCUT2D eigenvalue weighted by molar-refractivity contribution is -0.384. The van der Waals surface area contributed by atoms with Crippen molar-refractivity contribution in [1.82, 2.24) is 0 Å². The Morgan fingerprint density at radius 2 is 2.16 bits per heavy atom. The third-order valence-corrected chi connectivity index (χ3v) is 3.12. The standard InChI is InChI=1S/C13H16N2O4/c1-2-3-4-11-9-13(16,19-14-11)10-5-7-12(8-6-10)15(17)18/h5-8,16H,2-4,9H2,1H3. The van der Waals surface area contributed by atoms with E-state index in [-0.39, 0.29) is 5.69 Å². The molecule has 0 spiro atoms. The number of nitro benzene ring substituents is 1. The molecule has 0 saturated carbocycles. The van der Waals surface area contributed by atoms with Gasteiger partial charge in [-0.05, 0) is 25.0 Å². The van der Waals surface area contributed by atoms with Crippen molar-refractivity contribution in [2.24, 2.45) is 5.16 Å². The van der Waals surface area contributed by atoms with Gasteiger partial charge in [-0.3, -0.25) is 10.1 Å². The Balaban J connectivity index is 2.08. The van der Waals surface area contributed by atoms with E-state index in [9.17, 15) is 15.2 Å². The number of non-ortho nitro benzene ring substituents is 1. The van der Waals surface area contributed by atoms with Gasteiger partial charge in [0.2, 0.25) is 0 Å². The van der Waals surface area contributed by atoms with Crippen LogP contribution in [0, 0.1) is 10.1 Å². The van der Waals surface area contributed by atoms with Crippen molar-refractivity contribution in [2.45, 2.75) is 38.4 Å². The molecule has 0 saturated heterocycles. The topological polar surface area (TPSA) is 85.0 Å². The maximum absolute atomic E-state index is 10.6. The third kappa shape index (κ3) is 2.90. The third-order valence-electron chi connectivity index (χ3n) is 3.12. The van der Waals surface area contributed by atoms with Gasteiger partial charge < -0.3 is 9.94 Å². The van der Waals surface area contributed by atoms with Crippen LogP contribution in [0.25, 0.3) is 0 Å². The molecule has 1 aliphatic rings. The number of hydrogen-bond acceptors (Lipinski definition) is 5. The molecule has 1 unspecified atom stereocenters. The van der Waals surface area contributed by atoms with Crippen LogP contribution in [-0.4, -0.2) is 15.7 Å². The fourth-order valence-corrected chi connectivity index (χ4v) is 1.99. The normalized spacial score (nSPS) is 21.9. The van der Waals surface area contributed by atoms with Gasteiger partial charge in [-0.1, -0.05) is 18.5 Å². The first-order chi connectivity index (χ1) is 9.05. The SMILES string of the molecule is CCCCC1=NOC(O)(c2ccc([N+](=O)[O-])cc2)C1. The maximum atomic E-state index is 10.6. The first kappa shape index (κ1) is 13.5. The Morgan fingerprint density at radius 3 is 2.74 bits per heavy atom. The van der Waals surface area contributed by atoms with E-state index in [1.54, 1.807) is 0 Å². The van der Waals surface area contributed by atoms with Crippen LogP contribution in [0.15, 0.2) is 29.4 Å². The number of oxime groups is 1. The summed E-state index contributed by atoms with van der Waals surface area (Å²) >= 11 is 0. The van der Waals surface area contributed by atoms with Gasteiger partial charge >= 0.3 is 0 Å². The molecule has 1 aromatic rings. The number of rotatable bonds is 5. The van der Waals surface area contributed by atoms with Gasteiger partial charge in [-0.15, -0.1) is 0 Å². The lowest BCUT2D eigenvalue weighted by atomic mass is 9.98. The summed E-state index contributed by atoms with van der Waals surface area (Å²) in [6.07, 6.45) is 3.16. The quantitative estimate of drug-likeness (QED) is 0.654. The van der Waals surface area contributed by atoms with Crippen LogP contribution in [0.3, 0.4) is 0 Å². The van der Waals surface area contributed by atoms with Crippen molar-refractivity contribution < 1.29 is 14.9 Å². The number of benzene rings is 1. The molecule has 0 bridgehead atoms. The van der Waals surface area contributed by atoms with Crippen LogP contribution in [0.2, 0.25) is 0 Å². The van der Waals surface area contributed by atoms with E-state index in [0.29, 0.717) is 12.0 Å². The molecule has 0 amide bonds. The molecule has 0 aromatic heterocycles. The van der Waals surface area contributed by atoms with E-state index in [4.69, 9.17) is 4.84 Å². The highest BCUT2D eigenvalue weighted by Gasteiger charge is 2.38. The molecule has 2 rings (SSSR count). The zero-order valence-corrected chi connectivity index (χ0v) is 10.7. The molecular weight excluding hydrogens is 248 g/mol. The molecule has 6 heteroatoms. The highest BCUT2D eigenvalue weighted by molar-refractivity contribution is 5.86. The van der Waals surface area contributed by atoms with Crippen molar-refractivity contribution >= 4 is 11.4 Å². The number of aliphatic hydroxyl groups is 1. The average molecular weight is 264 g/mol. The summed E-state index contributed by atoms with van der Waals surface area (Å²) in [5.41, 5.74) is 1.29. The zero-order chi connectivity index (χ0) is 13.9. The van der Waals surface area contributed by atoms with Crippen molar-refractivity contribution in [3.8, 4) is 0 Å². The highest BCUT2D eigenvalue weighted by atomic mass is 16.7. The molecule has 6 nitrogen and oxygen atoms in total. The Bertz CT molecular complexity index is 498. The second kappa shape index (κ2) is 5.36. The van der Waals surface area contributed by atoms with Gasteiger partial charge in [0.25, 0.3) is 11.5 Å². The molecule has 1 aliphatic heterocycles. The second-order valence-corrected chi connectivity index (χ2v) is 4.62. The smallest absolute Gasteiger partial charge is 0.269 e. The summed E-state index contributed by atoms with van der Waals surface area (Å²) in [7, 11) is 0. The maximum Gasteiger partial charge on any atom is 0.269 e. The van der Waals surface area contributed by atoms with Gasteiger partial charge in [0, 0.05) is 17.7 Å². The second-order valence-electron chi connectivity index (χ2n) is 4.62. The molecule has 102 valence electrons. The van der Waals surface area contributed by atoms with E-state index in [1.165, 1.54) is 24.3 Å². The summed E-state index contributed by atoms with van der Waals surface area (Å²) in [6.45, 7) is 2.08. The van der Waals surface area contributed by atoms with E-state index >= 15 is 0 Å². The molecule has 1 aromatic carbocycles. The summed E-state index contributed by atoms with van der Waals surface area (Å²) < 4.78 is 0. The van der Waals surface area contributed by atoms with Gasteiger partial charge in [-0.25, -0.2) is 0 Å². The fourth-order valence-electron chi connectivity index (χ4n) is 1.99. The molecule has 0 aliphatic carbocycles. The van der Waals surface area contributed by atoms with Crippen LogP contribution < -0.4 is 0 Å². The molecule has 1 N–H and O–H groups in total.